The molecule has 0 unspecified atom stereocenters. The summed E-state index contributed by atoms with van der Waals surface area (Å²) in [5.41, 5.74) is 0.720. The minimum absolute atomic E-state index is 0.00432. The Labute approximate surface area is 193 Å². The molecule has 1 aliphatic rings. The van der Waals surface area contributed by atoms with Gasteiger partial charge in [0.25, 0.3) is 0 Å². The Morgan fingerprint density at radius 2 is 1.56 bits per heavy atom. The van der Waals surface area contributed by atoms with E-state index >= 15 is 0 Å². The van der Waals surface area contributed by atoms with E-state index in [1.54, 1.807) is 0 Å². The largest absolute Gasteiger partial charge is 0.508 e. The predicted octanol–water partition coefficient (Wildman–Crippen LogP) is 3.13. The number of aromatic hydroxyl groups is 5. The number of rotatable bonds is 5. The van der Waals surface area contributed by atoms with Gasteiger partial charge in [0.1, 0.15) is 23.4 Å². The number of esters is 1. The summed E-state index contributed by atoms with van der Waals surface area (Å²) >= 11 is 0. The Hall–Kier alpha value is -4.47. The van der Waals surface area contributed by atoms with Crippen molar-refractivity contribution in [3.63, 3.8) is 0 Å². The Morgan fingerprint density at radius 3 is 2.18 bits per heavy atom. The molecule has 0 fully saturated rings. The molecule has 0 aliphatic carbocycles. The highest BCUT2D eigenvalue weighted by Gasteiger charge is 2.37. The SMILES string of the molecule is COc1cc(C(=O)O[C@H]2Cc3c(O)cc(O)cc3O[C@@H]2c2ccc(O)c(O)c2)cc(OC)c1O. The first-order chi connectivity index (χ1) is 16.2. The highest BCUT2D eigenvalue weighted by molar-refractivity contribution is 5.91. The Balaban J connectivity index is 1.72. The molecule has 34 heavy (non-hydrogen) atoms. The smallest absolute Gasteiger partial charge is 0.338 e. The van der Waals surface area contributed by atoms with Crippen LogP contribution in [-0.2, 0) is 11.2 Å². The monoisotopic (exact) mass is 470 g/mol. The fraction of sp³-hybridized carbons (Fsp3) is 0.208. The summed E-state index contributed by atoms with van der Waals surface area (Å²) in [6, 6.07) is 9.04. The van der Waals surface area contributed by atoms with Crippen LogP contribution in [0.4, 0.5) is 0 Å². The van der Waals surface area contributed by atoms with Crippen LogP contribution in [0.15, 0.2) is 42.5 Å². The molecule has 1 aliphatic heterocycles. The summed E-state index contributed by atoms with van der Waals surface area (Å²) in [6.07, 6.45) is -1.92. The lowest BCUT2D eigenvalue weighted by Gasteiger charge is -2.34. The van der Waals surface area contributed by atoms with E-state index in [1.807, 2.05) is 0 Å². The average molecular weight is 470 g/mol. The van der Waals surface area contributed by atoms with Crippen LogP contribution in [0.2, 0.25) is 0 Å². The second-order valence-electron chi connectivity index (χ2n) is 7.61. The number of phenolic OH excluding ortho intramolecular Hbond substituents is 5. The fourth-order valence-electron chi connectivity index (χ4n) is 3.77. The van der Waals surface area contributed by atoms with Gasteiger partial charge in [0.15, 0.2) is 29.1 Å². The molecule has 2 atom stereocenters. The van der Waals surface area contributed by atoms with Gasteiger partial charge in [-0.2, -0.15) is 0 Å². The van der Waals surface area contributed by atoms with Crippen LogP contribution in [0.1, 0.15) is 27.6 Å². The summed E-state index contributed by atoms with van der Waals surface area (Å²) in [4.78, 5) is 13.0. The van der Waals surface area contributed by atoms with E-state index in [0.29, 0.717) is 11.1 Å². The average Bonchev–Trinajstić information content (AvgIpc) is 2.81. The number of carbonyl (C=O) groups is 1. The van der Waals surface area contributed by atoms with Crippen LogP contribution in [0.3, 0.4) is 0 Å². The highest BCUT2D eigenvalue weighted by Crippen LogP contribution is 2.44. The van der Waals surface area contributed by atoms with Gasteiger partial charge in [0, 0.05) is 29.7 Å². The zero-order chi connectivity index (χ0) is 24.6. The molecule has 178 valence electrons. The number of carbonyl (C=O) groups excluding carboxylic acids is 1. The second kappa shape index (κ2) is 8.81. The third-order valence-corrected chi connectivity index (χ3v) is 5.47. The first kappa shape index (κ1) is 22.7. The van der Waals surface area contributed by atoms with Gasteiger partial charge >= 0.3 is 5.97 Å². The maximum absolute atomic E-state index is 13.0. The van der Waals surface area contributed by atoms with Gasteiger partial charge in [0.2, 0.25) is 5.75 Å². The predicted molar refractivity (Wildman–Crippen MR) is 117 cm³/mol. The van der Waals surface area contributed by atoms with Crippen LogP contribution in [0.5, 0.6) is 46.0 Å². The summed E-state index contributed by atoms with van der Waals surface area (Å²) in [7, 11) is 2.64. The summed E-state index contributed by atoms with van der Waals surface area (Å²) in [5.74, 6) is -2.09. The van der Waals surface area contributed by atoms with E-state index in [-0.39, 0.29) is 52.2 Å². The molecule has 0 radical (unpaired) electrons. The molecule has 10 heteroatoms. The van der Waals surface area contributed by atoms with E-state index in [0.717, 1.165) is 6.07 Å². The van der Waals surface area contributed by atoms with Crippen molar-refractivity contribution in [3.05, 3.63) is 59.2 Å². The van der Waals surface area contributed by atoms with Crippen molar-refractivity contribution in [2.24, 2.45) is 0 Å². The number of phenols is 5. The van der Waals surface area contributed by atoms with Crippen molar-refractivity contribution >= 4 is 5.97 Å². The lowest BCUT2D eigenvalue weighted by atomic mass is 9.93. The van der Waals surface area contributed by atoms with Crippen LogP contribution in [-0.4, -0.2) is 51.8 Å². The lowest BCUT2D eigenvalue weighted by Crippen LogP contribution is -2.34. The van der Waals surface area contributed by atoms with Gasteiger partial charge in [-0.1, -0.05) is 6.07 Å². The van der Waals surface area contributed by atoms with Gasteiger partial charge in [-0.15, -0.1) is 0 Å². The summed E-state index contributed by atoms with van der Waals surface area (Å²) in [5, 5.41) is 49.9. The molecule has 10 nitrogen and oxygen atoms in total. The number of benzene rings is 3. The molecule has 0 saturated carbocycles. The van der Waals surface area contributed by atoms with Crippen molar-refractivity contribution in [1.82, 2.24) is 0 Å². The van der Waals surface area contributed by atoms with Gasteiger partial charge < -0.3 is 44.5 Å². The van der Waals surface area contributed by atoms with E-state index in [2.05, 4.69) is 0 Å². The van der Waals surface area contributed by atoms with Gasteiger partial charge in [-0.05, 0) is 24.3 Å². The molecular weight excluding hydrogens is 448 g/mol. The third-order valence-electron chi connectivity index (χ3n) is 5.47. The molecule has 3 aromatic rings. The fourth-order valence-corrected chi connectivity index (χ4v) is 3.77. The minimum Gasteiger partial charge on any atom is -0.508 e. The molecule has 3 aromatic carbocycles. The van der Waals surface area contributed by atoms with Crippen LogP contribution >= 0.6 is 0 Å². The van der Waals surface area contributed by atoms with E-state index in [9.17, 15) is 30.3 Å². The zero-order valence-corrected chi connectivity index (χ0v) is 18.2. The van der Waals surface area contributed by atoms with Crippen LogP contribution < -0.4 is 14.2 Å². The minimum atomic E-state index is -0.981. The van der Waals surface area contributed by atoms with Gasteiger partial charge in [-0.25, -0.2) is 4.79 Å². The summed E-state index contributed by atoms with van der Waals surface area (Å²) < 4.78 is 21.8. The molecule has 0 bridgehead atoms. The maximum atomic E-state index is 13.0. The van der Waals surface area contributed by atoms with E-state index in [1.165, 1.54) is 50.6 Å². The topological polar surface area (TPSA) is 155 Å². The Kier molecular flexibility index (Phi) is 5.89. The van der Waals surface area contributed by atoms with Crippen molar-refractivity contribution in [3.8, 4) is 46.0 Å². The standard InChI is InChI=1S/C24H22O10/c1-31-19-6-12(7-20(32-2)22(19)29)24(30)34-21-10-14-16(27)8-13(25)9-18(14)33-23(21)11-3-4-15(26)17(28)5-11/h3-9,21,23,25-29H,10H2,1-2H3/t21-,23+/m0/s1. The molecule has 0 aromatic heterocycles. The number of hydrogen-bond donors (Lipinski definition) is 5. The number of methoxy groups -OCH3 is 2. The third kappa shape index (κ3) is 4.13. The van der Waals surface area contributed by atoms with Gasteiger partial charge in [0.05, 0.1) is 19.8 Å². The highest BCUT2D eigenvalue weighted by atomic mass is 16.6. The van der Waals surface area contributed by atoms with E-state index < -0.39 is 23.9 Å². The lowest BCUT2D eigenvalue weighted by molar-refractivity contribution is -0.0189. The first-order valence-electron chi connectivity index (χ1n) is 10.1. The normalized spacial score (nSPS) is 16.8. The molecule has 1 heterocycles. The quantitative estimate of drug-likeness (QED) is 0.277. The van der Waals surface area contributed by atoms with Crippen molar-refractivity contribution in [2.75, 3.05) is 14.2 Å². The van der Waals surface area contributed by atoms with Gasteiger partial charge in [-0.3, -0.25) is 0 Å². The molecule has 0 spiro atoms. The molecule has 5 N–H and O–H groups in total. The summed E-state index contributed by atoms with van der Waals surface area (Å²) in [6.45, 7) is 0. The molecular formula is C24H22O10. The van der Waals surface area contributed by atoms with Crippen molar-refractivity contribution in [2.45, 2.75) is 18.6 Å². The number of fused-ring (bicyclic) bond motifs is 1. The second-order valence-corrected chi connectivity index (χ2v) is 7.61. The Bertz CT molecular complexity index is 1230. The van der Waals surface area contributed by atoms with Crippen molar-refractivity contribution < 1.29 is 49.3 Å². The zero-order valence-electron chi connectivity index (χ0n) is 18.2. The van der Waals surface area contributed by atoms with E-state index in [4.69, 9.17) is 18.9 Å². The van der Waals surface area contributed by atoms with Crippen LogP contribution in [0.25, 0.3) is 0 Å². The number of ether oxygens (including phenoxy) is 4. The molecule has 0 amide bonds. The molecule has 4 rings (SSSR count). The molecule has 0 saturated heterocycles. The maximum Gasteiger partial charge on any atom is 0.338 e. The first-order valence-corrected chi connectivity index (χ1v) is 10.1. The van der Waals surface area contributed by atoms with Crippen molar-refractivity contribution in [1.29, 1.82) is 0 Å². The van der Waals surface area contributed by atoms with Crippen LogP contribution in [0, 0.1) is 0 Å². The Morgan fingerprint density at radius 1 is 0.882 bits per heavy atom. The number of hydrogen-bond acceptors (Lipinski definition) is 10.